The molecule has 1 saturated heterocycles. The van der Waals surface area contributed by atoms with Crippen LogP contribution in [0.15, 0.2) is 0 Å². The van der Waals surface area contributed by atoms with Crippen LogP contribution in [0, 0.1) is 0 Å². The largest absolute Gasteiger partial charge is 0.463 e. The number of Topliss-reactive ketones (excluding diaryl/α,β-unsaturated/α-hetero) is 1. The summed E-state index contributed by atoms with van der Waals surface area (Å²) in [5, 5.41) is 10.6. The standard InChI is InChI=1S/C17H23BrO11/c1-8(19)5-6-13(23)28-16-15(27-11(4)22)14(26-10(3)21)12(7-25-9(2)20)29-17(16,18)24/h12,14-16,24H,5-7H2,1-4H3/t12-,14+,15+,16-,17-/m1/s1. The molecule has 164 valence electrons. The van der Waals surface area contributed by atoms with Gasteiger partial charge in [0.2, 0.25) is 6.10 Å². The topological polar surface area (TPSA) is 152 Å². The van der Waals surface area contributed by atoms with E-state index in [-0.39, 0.29) is 18.6 Å². The monoisotopic (exact) mass is 482 g/mol. The van der Waals surface area contributed by atoms with Crippen LogP contribution >= 0.6 is 15.9 Å². The van der Waals surface area contributed by atoms with Crippen molar-refractivity contribution in [2.24, 2.45) is 0 Å². The summed E-state index contributed by atoms with van der Waals surface area (Å²) in [5.74, 6) is -3.43. The highest BCUT2D eigenvalue weighted by Crippen LogP contribution is 2.38. The summed E-state index contributed by atoms with van der Waals surface area (Å²) in [6.07, 6.45) is -6.20. The van der Waals surface area contributed by atoms with E-state index in [0.29, 0.717) is 0 Å². The summed E-state index contributed by atoms with van der Waals surface area (Å²) in [4.78, 5) is 57.4. The van der Waals surface area contributed by atoms with Crippen molar-refractivity contribution in [2.75, 3.05) is 6.61 Å². The van der Waals surface area contributed by atoms with Crippen LogP contribution in [0.3, 0.4) is 0 Å². The van der Waals surface area contributed by atoms with Gasteiger partial charge in [0, 0.05) is 27.2 Å². The minimum absolute atomic E-state index is 0.103. The van der Waals surface area contributed by atoms with Gasteiger partial charge < -0.3 is 33.6 Å². The maximum Gasteiger partial charge on any atom is 0.306 e. The number of rotatable bonds is 8. The SMILES string of the molecule is CC(=O)CCC(=O)O[C@@H]1[C@@H](OC(C)=O)[C@@H](OC(C)=O)[C@@H](COC(C)=O)O[C@@]1(O)Br. The predicted molar refractivity (Wildman–Crippen MR) is 96.3 cm³/mol. The molecule has 1 heterocycles. The lowest BCUT2D eigenvalue weighted by Gasteiger charge is -2.46. The molecule has 0 radical (unpaired) electrons. The van der Waals surface area contributed by atoms with E-state index in [4.69, 9.17) is 23.7 Å². The number of hydrogen-bond donors (Lipinski definition) is 1. The molecule has 5 atom stereocenters. The summed E-state index contributed by atoms with van der Waals surface area (Å²) in [6.45, 7) is 4.10. The first-order chi connectivity index (χ1) is 13.3. The summed E-state index contributed by atoms with van der Waals surface area (Å²) in [5.41, 5.74) is 0. The van der Waals surface area contributed by atoms with Gasteiger partial charge in [-0.25, -0.2) is 0 Å². The van der Waals surface area contributed by atoms with E-state index in [1.54, 1.807) is 0 Å². The summed E-state index contributed by atoms with van der Waals surface area (Å²) >= 11 is 2.86. The molecule has 29 heavy (non-hydrogen) atoms. The molecule has 1 aliphatic heterocycles. The average Bonchev–Trinajstić information content (AvgIpc) is 2.56. The van der Waals surface area contributed by atoms with E-state index in [0.717, 1.165) is 20.8 Å². The first kappa shape index (κ1) is 25.0. The van der Waals surface area contributed by atoms with Crippen LogP contribution in [0.25, 0.3) is 0 Å². The third-order valence-corrected chi connectivity index (χ3v) is 4.29. The zero-order valence-corrected chi connectivity index (χ0v) is 17.9. The van der Waals surface area contributed by atoms with E-state index < -0.39 is 59.6 Å². The van der Waals surface area contributed by atoms with Crippen molar-refractivity contribution >= 4 is 45.6 Å². The van der Waals surface area contributed by atoms with Gasteiger partial charge in [0.05, 0.1) is 6.42 Å². The fraction of sp³-hybridized carbons (Fsp3) is 0.706. The molecular weight excluding hydrogens is 460 g/mol. The summed E-state index contributed by atoms with van der Waals surface area (Å²) < 4.78 is 23.3. The zero-order valence-electron chi connectivity index (χ0n) is 16.3. The van der Waals surface area contributed by atoms with E-state index in [2.05, 4.69) is 15.9 Å². The Labute approximate surface area is 175 Å². The fourth-order valence-corrected chi connectivity index (χ4v) is 3.13. The number of carbonyl (C=O) groups excluding carboxylic acids is 5. The van der Waals surface area contributed by atoms with Gasteiger partial charge in [0.25, 0.3) is 4.70 Å². The highest BCUT2D eigenvalue weighted by molar-refractivity contribution is 9.10. The number of aliphatic hydroxyl groups is 1. The van der Waals surface area contributed by atoms with Gasteiger partial charge in [-0.1, -0.05) is 0 Å². The molecule has 0 aliphatic carbocycles. The Bertz CT molecular complexity index is 660. The molecule has 0 aromatic rings. The van der Waals surface area contributed by atoms with Crippen molar-refractivity contribution in [1.82, 2.24) is 0 Å². The van der Waals surface area contributed by atoms with Gasteiger partial charge in [-0.3, -0.25) is 19.2 Å². The second-order valence-electron chi connectivity index (χ2n) is 6.33. The number of hydrogen-bond acceptors (Lipinski definition) is 11. The van der Waals surface area contributed by atoms with Crippen LogP contribution in [0.1, 0.15) is 40.5 Å². The minimum atomic E-state index is -2.37. The Balaban J connectivity index is 3.20. The first-order valence-electron chi connectivity index (χ1n) is 8.59. The Morgan fingerprint density at radius 2 is 1.45 bits per heavy atom. The van der Waals surface area contributed by atoms with E-state index in [9.17, 15) is 29.1 Å². The third-order valence-electron chi connectivity index (χ3n) is 3.65. The normalized spacial score (nSPS) is 28.8. The van der Waals surface area contributed by atoms with Crippen molar-refractivity contribution in [1.29, 1.82) is 0 Å². The lowest BCUT2D eigenvalue weighted by atomic mass is 9.98. The number of esters is 4. The highest BCUT2D eigenvalue weighted by atomic mass is 79.9. The van der Waals surface area contributed by atoms with Crippen molar-refractivity contribution in [3.05, 3.63) is 0 Å². The second-order valence-corrected chi connectivity index (χ2v) is 7.46. The fourth-order valence-electron chi connectivity index (χ4n) is 2.53. The molecule has 12 heteroatoms. The Morgan fingerprint density at radius 3 is 1.93 bits per heavy atom. The molecule has 1 aliphatic rings. The molecule has 0 bridgehead atoms. The summed E-state index contributed by atoms with van der Waals surface area (Å²) in [6, 6.07) is 0. The van der Waals surface area contributed by atoms with Crippen LogP contribution in [-0.4, -0.2) is 70.5 Å². The van der Waals surface area contributed by atoms with E-state index >= 15 is 0 Å². The predicted octanol–water partition coefficient (Wildman–Crippen LogP) is 0.134. The van der Waals surface area contributed by atoms with Crippen molar-refractivity contribution in [3.63, 3.8) is 0 Å². The maximum absolute atomic E-state index is 12.1. The molecule has 0 spiro atoms. The molecule has 1 rings (SSSR count). The summed E-state index contributed by atoms with van der Waals surface area (Å²) in [7, 11) is 0. The van der Waals surface area contributed by atoms with Crippen molar-refractivity contribution in [2.45, 2.75) is 69.6 Å². The zero-order chi connectivity index (χ0) is 22.4. The van der Waals surface area contributed by atoms with Crippen LogP contribution < -0.4 is 0 Å². The Hall–Kier alpha value is -2.05. The number of alkyl halides is 1. The van der Waals surface area contributed by atoms with Crippen LogP contribution in [-0.2, 0) is 47.7 Å². The van der Waals surface area contributed by atoms with Gasteiger partial charge in [-0.2, -0.15) is 0 Å². The molecule has 0 aromatic carbocycles. The number of halogens is 1. The van der Waals surface area contributed by atoms with Gasteiger partial charge in [0.1, 0.15) is 18.5 Å². The van der Waals surface area contributed by atoms with Gasteiger partial charge >= 0.3 is 23.9 Å². The first-order valence-corrected chi connectivity index (χ1v) is 9.38. The van der Waals surface area contributed by atoms with Crippen molar-refractivity contribution in [3.8, 4) is 0 Å². The Morgan fingerprint density at radius 1 is 0.897 bits per heavy atom. The maximum atomic E-state index is 12.1. The van der Waals surface area contributed by atoms with E-state index in [1.807, 2.05) is 0 Å². The number of carbonyl (C=O) groups is 5. The molecule has 0 unspecified atom stereocenters. The van der Waals surface area contributed by atoms with Crippen LogP contribution in [0.4, 0.5) is 0 Å². The lowest BCUT2D eigenvalue weighted by molar-refractivity contribution is -0.309. The van der Waals surface area contributed by atoms with Crippen LogP contribution in [0.5, 0.6) is 0 Å². The second kappa shape index (κ2) is 10.6. The molecule has 1 N–H and O–H groups in total. The molecule has 1 fully saturated rings. The number of ether oxygens (including phenoxy) is 5. The van der Waals surface area contributed by atoms with Crippen molar-refractivity contribution < 1.29 is 52.8 Å². The molecule has 0 amide bonds. The third kappa shape index (κ3) is 8.07. The smallest absolute Gasteiger partial charge is 0.306 e. The van der Waals surface area contributed by atoms with Crippen LogP contribution in [0.2, 0.25) is 0 Å². The minimum Gasteiger partial charge on any atom is -0.463 e. The molecule has 0 saturated carbocycles. The quantitative estimate of drug-likeness (QED) is 0.285. The molecular formula is C17H23BrO11. The lowest BCUT2D eigenvalue weighted by Crippen LogP contribution is -2.66. The van der Waals surface area contributed by atoms with Gasteiger partial charge in [-0.15, -0.1) is 0 Å². The van der Waals surface area contributed by atoms with E-state index in [1.165, 1.54) is 6.92 Å². The molecule has 11 nitrogen and oxygen atoms in total. The Kier molecular flexibility index (Phi) is 9.17. The average molecular weight is 483 g/mol. The highest BCUT2D eigenvalue weighted by Gasteiger charge is 2.58. The number of ketones is 1. The van der Waals surface area contributed by atoms with Gasteiger partial charge in [-0.05, 0) is 22.9 Å². The van der Waals surface area contributed by atoms with Gasteiger partial charge in [0.15, 0.2) is 12.2 Å². The molecule has 0 aromatic heterocycles.